The summed E-state index contributed by atoms with van der Waals surface area (Å²) in [5.41, 5.74) is 0.734. The predicted molar refractivity (Wildman–Crippen MR) is 95.8 cm³/mol. The smallest absolute Gasteiger partial charge is 0.279 e. The van der Waals surface area contributed by atoms with E-state index in [1.165, 1.54) is 22.5 Å². The number of carbonyl (C=O) groups excluding carboxylic acids is 1. The summed E-state index contributed by atoms with van der Waals surface area (Å²) in [6, 6.07) is 14.6. The number of anilines is 1. The van der Waals surface area contributed by atoms with Gasteiger partial charge >= 0.3 is 0 Å². The lowest BCUT2D eigenvalue weighted by Gasteiger charge is -2.31. The van der Waals surface area contributed by atoms with E-state index in [9.17, 15) is 17.6 Å². The van der Waals surface area contributed by atoms with Crippen molar-refractivity contribution in [1.82, 2.24) is 4.31 Å². The number of hydrogen-bond acceptors (Lipinski definition) is 3. The molecule has 0 aromatic heterocycles. The summed E-state index contributed by atoms with van der Waals surface area (Å²) in [7, 11) is -3.85. The Balaban J connectivity index is 1.56. The molecule has 6 nitrogen and oxygen atoms in total. The number of amides is 1. The first-order valence-electron chi connectivity index (χ1n) is 8.40. The van der Waals surface area contributed by atoms with E-state index in [0.29, 0.717) is 13.1 Å². The molecule has 2 aromatic carbocycles. The molecule has 2 N–H and O–H groups in total. The van der Waals surface area contributed by atoms with Crippen molar-refractivity contribution < 1.29 is 22.5 Å². The Bertz CT molecular complexity index is 866. The molecule has 8 heteroatoms. The number of hydrogen-bond donors (Lipinski definition) is 2. The van der Waals surface area contributed by atoms with E-state index in [1.54, 1.807) is 0 Å². The highest BCUT2D eigenvalue weighted by Gasteiger charge is 2.32. The molecule has 1 fully saturated rings. The van der Waals surface area contributed by atoms with Crippen molar-refractivity contribution >= 4 is 21.6 Å². The largest absolute Gasteiger partial charge is 0.325 e. The SMILES string of the molecule is O=C(C[NH+]1CCN(S(=O)(=O)c2ccccc2F)CC1)Nc1ccccc1. The number of quaternary nitrogens is 1. The fourth-order valence-electron chi connectivity index (χ4n) is 2.97. The van der Waals surface area contributed by atoms with Crippen LogP contribution in [0.15, 0.2) is 59.5 Å². The van der Waals surface area contributed by atoms with Gasteiger partial charge in [-0.25, -0.2) is 12.8 Å². The van der Waals surface area contributed by atoms with Gasteiger partial charge in [0.2, 0.25) is 10.0 Å². The molecule has 2 aromatic rings. The van der Waals surface area contributed by atoms with Crippen molar-refractivity contribution in [2.24, 2.45) is 0 Å². The molecule has 26 heavy (non-hydrogen) atoms. The Kier molecular flexibility index (Phi) is 5.65. The van der Waals surface area contributed by atoms with Gasteiger partial charge in [-0.2, -0.15) is 4.31 Å². The standard InChI is InChI=1S/C18H20FN3O3S/c19-16-8-4-5-9-17(16)26(24,25)22-12-10-21(11-13-22)14-18(23)20-15-6-2-1-3-7-15/h1-9H,10-14H2,(H,20,23)/p+1. The maximum absolute atomic E-state index is 13.8. The van der Waals surface area contributed by atoms with Crippen LogP contribution in [0.3, 0.4) is 0 Å². The first-order valence-corrected chi connectivity index (χ1v) is 9.84. The molecule has 3 rings (SSSR count). The molecule has 1 saturated heterocycles. The van der Waals surface area contributed by atoms with Crippen LogP contribution in [0, 0.1) is 5.82 Å². The molecule has 1 aliphatic rings. The number of sulfonamides is 1. The summed E-state index contributed by atoms with van der Waals surface area (Å²) in [6.07, 6.45) is 0. The van der Waals surface area contributed by atoms with E-state index in [-0.39, 0.29) is 30.4 Å². The monoisotopic (exact) mass is 378 g/mol. The lowest BCUT2D eigenvalue weighted by atomic mass is 10.3. The minimum absolute atomic E-state index is 0.114. The minimum atomic E-state index is -3.85. The molecule has 138 valence electrons. The van der Waals surface area contributed by atoms with Crippen LogP contribution in [0.5, 0.6) is 0 Å². The summed E-state index contributed by atoms with van der Waals surface area (Å²) in [4.78, 5) is 12.8. The van der Waals surface area contributed by atoms with Gasteiger partial charge in [0.15, 0.2) is 6.54 Å². The summed E-state index contributed by atoms with van der Waals surface area (Å²) in [6.45, 7) is 1.77. The molecule has 1 amide bonds. The Morgan fingerprint density at radius 3 is 2.31 bits per heavy atom. The third-order valence-electron chi connectivity index (χ3n) is 4.35. The molecule has 0 spiro atoms. The van der Waals surface area contributed by atoms with Crippen LogP contribution in [-0.2, 0) is 14.8 Å². The number of halogens is 1. The molecule has 0 radical (unpaired) electrons. The fraction of sp³-hybridized carbons (Fsp3) is 0.278. The second kappa shape index (κ2) is 7.94. The highest BCUT2D eigenvalue weighted by molar-refractivity contribution is 7.89. The molecule has 0 aliphatic carbocycles. The lowest BCUT2D eigenvalue weighted by Crippen LogP contribution is -3.15. The van der Waals surface area contributed by atoms with E-state index in [0.717, 1.165) is 16.7 Å². The van der Waals surface area contributed by atoms with Crippen LogP contribution in [-0.4, -0.2) is 51.4 Å². The van der Waals surface area contributed by atoms with E-state index < -0.39 is 15.8 Å². The molecular formula is C18H21FN3O3S+. The zero-order valence-electron chi connectivity index (χ0n) is 14.2. The van der Waals surface area contributed by atoms with Crippen LogP contribution < -0.4 is 10.2 Å². The van der Waals surface area contributed by atoms with Gasteiger partial charge in [-0.05, 0) is 24.3 Å². The van der Waals surface area contributed by atoms with Crippen LogP contribution in [0.1, 0.15) is 0 Å². The molecule has 1 heterocycles. The van der Waals surface area contributed by atoms with E-state index in [2.05, 4.69) is 5.32 Å². The van der Waals surface area contributed by atoms with Crippen LogP contribution in [0.2, 0.25) is 0 Å². The van der Waals surface area contributed by atoms with Crippen molar-refractivity contribution in [2.75, 3.05) is 38.0 Å². The Hall–Kier alpha value is -2.29. The van der Waals surface area contributed by atoms with Crippen LogP contribution >= 0.6 is 0 Å². The van der Waals surface area contributed by atoms with E-state index >= 15 is 0 Å². The van der Waals surface area contributed by atoms with Gasteiger partial charge < -0.3 is 10.2 Å². The number of para-hydroxylation sites is 1. The third kappa shape index (κ3) is 4.27. The number of piperazine rings is 1. The highest BCUT2D eigenvalue weighted by Crippen LogP contribution is 2.18. The van der Waals surface area contributed by atoms with E-state index in [4.69, 9.17) is 0 Å². The predicted octanol–water partition coefficient (Wildman–Crippen LogP) is 0.354. The second-order valence-electron chi connectivity index (χ2n) is 6.18. The fourth-order valence-corrected chi connectivity index (χ4v) is 4.47. The van der Waals surface area contributed by atoms with Crippen molar-refractivity contribution in [3.63, 3.8) is 0 Å². The Labute approximate surface area is 152 Å². The number of rotatable bonds is 5. The zero-order chi connectivity index (χ0) is 18.6. The topological polar surface area (TPSA) is 70.9 Å². The van der Waals surface area contributed by atoms with Gasteiger partial charge in [-0.1, -0.05) is 30.3 Å². The second-order valence-corrected chi connectivity index (χ2v) is 8.08. The van der Waals surface area contributed by atoms with Gasteiger partial charge in [0.1, 0.15) is 10.7 Å². The van der Waals surface area contributed by atoms with Gasteiger partial charge in [-0.3, -0.25) is 4.79 Å². The quantitative estimate of drug-likeness (QED) is 0.789. The zero-order valence-corrected chi connectivity index (χ0v) is 15.0. The lowest BCUT2D eigenvalue weighted by molar-refractivity contribution is -0.895. The summed E-state index contributed by atoms with van der Waals surface area (Å²) in [5, 5.41) is 2.82. The Morgan fingerprint density at radius 2 is 1.65 bits per heavy atom. The number of nitrogens with zero attached hydrogens (tertiary/aromatic N) is 1. The molecule has 0 atom stereocenters. The number of nitrogens with one attached hydrogen (secondary N) is 2. The van der Waals surface area contributed by atoms with Crippen molar-refractivity contribution in [1.29, 1.82) is 0 Å². The summed E-state index contributed by atoms with van der Waals surface area (Å²) >= 11 is 0. The first-order chi connectivity index (χ1) is 12.5. The van der Waals surface area contributed by atoms with Crippen LogP contribution in [0.25, 0.3) is 0 Å². The maximum Gasteiger partial charge on any atom is 0.279 e. The number of carbonyl (C=O) groups is 1. The van der Waals surface area contributed by atoms with Gasteiger partial charge in [0.25, 0.3) is 5.91 Å². The third-order valence-corrected chi connectivity index (χ3v) is 6.28. The molecule has 0 bridgehead atoms. The summed E-state index contributed by atoms with van der Waals surface area (Å²) < 4.78 is 40.3. The molecule has 0 unspecified atom stereocenters. The van der Waals surface area contributed by atoms with E-state index in [1.807, 2.05) is 30.3 Å². The molecule has 1 aliphatic heterocycles. The highest BCUT2D eigenvalue weighted by atomic mass is 32.2. The van der Waals surface area contributed by atoms with Crippen LogP contribution in [0.4, 0.5) is 10.1 Å². The summed E-state index contributed by atoms with van der Waals surface area (Å²) in [5.74, 6) is -0.860. The maximum atomic E-state index is 13.8. The molecular weight excluding hydrogens is 357 g/mol. The average molecular weight is 378 g/mol. The van der Waals surface area contributed by atoms with Crippen molar-refractivity contribution in [3.05, 3.63) is 60.4 Å². The average Bonchev–Trinajstić information content (AvgIpc) is 2.63. The first kappa shape index (κ1) is 18.5. The molecule has 0 saturated carbocycles. The van der Waals surface area contributed by atoms with Gasteiger partial charge in [0, 0.05) is 5.69 Å². The number of benzene rings is 2. The van der Waals surface area contributed by atoms with Gasteiger partial charge in [-0.15, -0.1) is 0 Å². The Morgan fingerprint density at radius 1 is 1.04 bits per heavy atom. The van der Waals surface area contributed by atoms with Crippen molar-refractivity contribution in [2.45, 2.75) is 4.90 Å². The normalized spacial score (nSPS) is 16.3. The van der Waals surface area contributed by atoms with Crippen molar-refractivity contribution in [3.8, 4) is 0 Å². The van der Waals surface area contributed by atoms with Gasteiger partial charge in [0.05, 0.1) is 26.2 Å². The minimum Gasteiger partial charge on any atom is -0.325 e.